The molecule has 0 saturated heterocycles. The van der Waals surface area contributed by atoms with E-state index in [1.807, 2.05) is 18.4 Å². The van der Waals surface area contributed by atoms with Gasteiger partial charge in [0.05, 0.1) is 5.39 Å². The SMILES string of the molecule is CCNc1nc(OC(C)(C)CC)c2ccsc2n1. The quantitative estimate of drug-likeness (QED) is 0.895. The number of aromatic nitrogens is 2. The molecule has 2 aromatic rings. The van der Waals surface area contributed by atoms with Gasteiger partial charge in [-0.15, -0.1) is 11.3 Å². The predicted octanol–water partition coefficient (Wildman–Crippen LogP) is 3.69. The van der Waals surface area contributed by atoms with Crippen molar-refractivity contribution in [1.82, 2.24) is 9.97 Å². The molecule has 1 N–H and O–H groups in total. The summed E-state index contributed by atoms with van der Waals surface area (Å²) in [5.74, 6) is 1.30. The molecule has 0 radical (unpaired) electrons. The maximum absolute atomic E-state index is 6.03. The molecule has 5 heteroatoms. The van der Waals surface area contributed by atoms with Gasteiger partial charge in [0.1, 0.15) is 10.4 Å². The van der Waals surface area contributed by atoms with Crippen molar-refractivity contribution in [3.63, 3.8) is 0 Å². The molecule has 2 rings (SSSR count). The van der Waals surface area contributed by atoms with Crippen LogP contribution in [0.15, 0.2) is 11.4 Å². The van der Waals surface area contributed by atoms with E-state index in [0.29, 0.717) is 11.8 Å². The van der Waals surface area contributed by atoms with Gasteiger partial charge in [-0.3, -0.25) is 0 Å². The number of hydrogen-bond donors (Lipinski definition) is 1. The minimum absolute atomic E-state index is 0.216. The number of nitrogens with one attached hydrogen (secondary N) is 1. The molecule has 0 aliphatic rings. The largest absolute Gasteiger partial charge is 0.471 e. The molecule has 0 bridgehead atoms. The second kappa shape index (κ2) is 5.10. The molecular formula is C13H19N3OS. The second-order valence-electron chi connectivity index (χ2n) is 4.74. The molecule has 0 unspecified atom stereocenters. The molecule has 2 aromatic heterocycles. The van der Waals surface area contributed by atoms with Gasteiger partial charge in [0, 0.05) is 6.54 Å². The van der Waals surface area contributed by atoms with Crippen LogP contribution in [0.3, 0.4) is 0 Å². The van der Waals surface area contributed by atoms with Crippen LogP contribution in [0.25, 0.3) is 10.2 Å². The van der Waals surface area contributed by atoms with E-state index < -0.39 is 0 Å². The number of nitrogens with zero attached hydrogens (tertiary/aromatic N) is 2. The second-order valence-corrected chi connectivity index (χ2v) is 5.63. The fourth-order valence-corrected chi connectivity index (χ4v) is 2.23. The van der Waals surface area contributed by atoms with Gasteiger partial charge in [0.2, 0.25) is 11.8 Å². The number of thiophene rings is 1. The van der Waals surface area contributed by atoms with Crippen LogP contribution < -0.4 is 10.1 Å². The summed E-state index contributed by atoms with van der Waals surface area (Å²) in [5.41, 5.74) is -0.216. The first kappa shape index (κ1) is 13.1. The molecule has 4 nitrogen and oxygen atoms in total. The third-order valence-electron chi connectivity index (χ3n) is 2.85. The lowest BCUT2D eigenvalue weighted by molar-refractivity contribution is 0.101. The summed E-state index contributed by atoms with van der Waals surface area (Å²) in [6.45, 7) is 9.07. The van der Waals surface area contributed by atoms with E-state index in [4.69, 9.17) is 4.74 Å². The Morgan fingerprint density at radius 3 is 2.78 bits per heavy atom. The first-order valence-corrected chi connectivity index (χ1v) is 7.12. The van der Waals surface area contributed by atoms with Crippen molar-refractivity contribution in [3.05, 3.63) is 11.4 Å². The topological polar surface area (TPSA) is 47.0 Å². The Morgan fingerprint density at radius 1 is 1.33 bits per heavy atom. The van der Waals surface area contributed by atoms with Crippen molar-refractivity contribution in [3.8, 4) is 5.88 Å². The molecule has 0 aliphatic carbocycles. The highest BCUT2D eigenvalue weighted by Gasteiger charge is 2.20. The van der Waals surface area contributed by atoms with Crippen molar-refractivity contribution in [2.45, 2.75) is 39.7 Å². The Labute approximate surface area is 111 Å². The standard InChI is InChI=1S/C13H19N3OS/c1-5-13(3,4)17-10-9-7-8-18-11(9)16-12(15-10)14-6-2/h7-8H,5-6H2,1-4H3,(H,14,15,16). The highest BCUT2D eigenvalue weighted by atomic mass is 32.1. The van der Waals surface area contributed by atoms with E-state index >= 15 is 0 Å². The van der Waals surface area contributed by atoms with E-state index in [1.165, 1.54) is 0 Å². The van der Waals surface area contributed by atoms with Gasteiger partial charge in [-0.25, -0.2) is 4.98 Å². The van der Waals surface area contributed by atoms with Crippen molar-refractivity contribution in [2.24, 2.45) is 0 Å². The van der Waals surface area contributed by atoms with E-state index in [1.54, 1.807) is 11.3 Å². The zero-order valence-electron chi connectivity index (χ0n) is 11.3. The summed E-state index contributed by atoms with van der Waals surface area (Å²) in [6, 6.07) is 2.01. The Kier molecular flexibility index (Phi) is 3.71. The molecule has 18 heavy (non-hydrogen) atoms. The van der Waals surface area contributed by atoms with Crippen LogP contribution >= 0.6 is 11.3 Å². The van der Waals surface area contributed by atoms with Gasteiger partial charge in [0.15, 0.2) is 0 Å². The molecule has 98 valence electrons. The highest BCUT2D eigenvalue weighted by Crippen LogP contribution is 2.31. The molecule has 2 heterocycles. The summed E-state index contributed by atoms with van der Waals surface area (Å²) in [4.78, 5) is 9.88. The average molecular weight is 265 g/mol. The third-order valence-corrected chi connectivity index (χ3v) is 3.66. The maximum atomic E-state index is 6.03. The molecule has 0 aromatic carbocycles. The first-order chi connectivity index (χ1) is 8.55. The summed E-state index contributed by atoms with van der Waals surface area (Å²) in [5, 5.41) is 6.14. The summed E-state index contributed by atoms with van der Waals surface area (Å²) in [7, 11) is 0. The molecule has 0 atom stereocenters. The number of rotatable bonds is 5. The number of ether oxygens (including phenoxy) is 1. The van der Waals surface area contributed by atoms with Crippen molar-refractivity contribution < 1.29 is 4.74 Å². The smallest absolute Gasteiger partial charge is 0.227 e. The van der Waals surface area contributed by atoms with Crippen molar-refractivity contribution in [2.75, 3.05) is 11.9 Å². The van der Waals surface area contributed by atoms with Crippen molar-refractivity contribution >= 4 is 27.5 Å². The maximum Gasteiger partial charge on any atom is 0.227 e. The molecule has 0 saturated carbocycles. The normalized spacial score (nSPS) is 11.8. The molecule has 0 aliphatic heterocycles. The third kappa shape index (κ3) is 2.72. The summed E-state index contributed by atoms with van der Waals surface area (Å²) in [6.07, 6.45) is 0.930. The lowest BCUT2D eigenvalue weighted by Gasteiger charge is -2.24. The molecule has 0 fully saturated rings. The first-order valence-electron chi connectivity index (χ1n) is 6.24. The average Bonchev–Trinajstić information content (AvgIpc) is 2.77. The van der Waals surface area contributed by atoms with Crippen LogP contribution in [0, 0.1) is 0 Å². The Bertz CT molecular complexity index is 536. The highest BCUT2D eigenvalue weighted by molar-refractivity contribution is 7.16. The van der Waals surface area contributed by atoms with E-state index in [-0.39, 0.29) is 5.60 Å². The minimum atomic E-state index is -0.216. The number of fused-ring (bicyclic) bond motifs is 1. The molecule has 0 spiro atoms. The van der Waals surface area contributed by atoms with Crippen LogP contribution in [-0.2, 0) is 0 Å². The number of anilines is 1. The lowest BCUT2D eigenvalue weighted by atomic mass is 10.1. The van der Waals surface area contributed by atoms with Crippen molar-refractivity contribution in [1.29, 1.82) is 0 Å². The van der Waals surface area contributed by atoms with Crippen LogP contribution in [0.4, 0.5) is 5.95 Å². The van der Waals surface area contributed by atoms with Crippen LogP contribution in [0.2, 0.25) is 0 Å². The molecular weight excluding hydrogens is 246 g/mol. The fraction of sp³-hybridized carbons (Fsp3) is 0.538. The van der Waals surface area contributed by atoms with Gasteiger partial charge >= 0.3 is 0 Å². The van der Waals surface area contributed by atoms with E-state index in [0.717, 1.165) is 23.2 Å². The zero-order chi connectivity index (χ0) is 13.2. The Balaban J connectivity index is 2.43. The van der Waals surface area contributed by atoms with Crippen LogP contribution in [-0.4, -0.2) is 22.1 Å². The monoisotopic (exact) mass is 265 g/mol. The lowest BCUT2D eigenvalue weighted by Crippen LogP contribution is -2.27. The molecule has 0 amide bonds. The van der Waals surface area contributed by atoms with Crippen LogP contribution in [0.1, 0.15) is 34.1 Å². The summed E-state index contributed by atoms with van der Waals surface area (Å²) >= 11 is 1.60. The van der Waals surface area contributed by atoms with Gasteiger partial charge in [0.25, 0.3) is 0 Å². The van der Waals surface area contributed by atoms with E-state index in [2.05, 4.69) is 36.1 Å². The van der Waals surface area contributed by atoms with Gasteiger partial charge < -0.3 is 10.1 Å². The summed E-state index contributed by atoms with van der Waals surface area (Å²) < 4.78 is 6.03. The Morgan fingerprint density at radius 2 is 2.11 bits per heavy atom. The Hall–Kier alpha value is -1.36. The van der Waals surface area contributed by atoms with E-state index in [9.17, 15) is 0 Å². The zero-order valence-corrected chi connectivity index (χ0v) is 12.1. The predicted molar refractivity (Wildman–Crippen MR) is 76.6 cm³/mol. The fourth-order valence-electron chi connectivity index (χ4n) is 1.48. The van der Waals surface area contributed by atoms with Gasteiger partial charge in [-0.1, -0.05) is 6.92 Å². The minimum Gasteiger partial charge on any atom is -0.471 e. The van der Waals surface area contributed by atoms with Gasteiger partial charge in [-0.05, 0) is 38.6 Å². The number of hydrogen-bond acceptors (Lipinski definition) is 5. The van der Waals surface area contributed by atoms with Gasteiger partial charge in [-0.2, -0.15) is 4.98 Å². The van der Waals surface area contributed by atoms with Crippen LogP contribution in [0.5, 0.6) is 5.88 Å².